The molecule has 2 nitrogen and oxygen atoms in total. The number of aliphatic hydroxyl groups is 1. The van der Waals surface area contributed by atoms with Gasteiger partial charge in [-0.3, -0.25) is 0 Å². The van der Waals surface area contributed by atoms with Crippen molar-refractivity contribution < 1.29 is 5.11 Å². The van der Waals surface area contributed by atoms with E-state index in [1.165, 1.54) is 0 Å². The Morgan fingerprint density at radius 1 is 1.29 bits per heavy atom. The van der Waals surface area contributed by atoms with Gasteiger partial charge in [0.2, 0.25) is 0 Å². The van der Waals surface area contributed by atoms with Crippen molar-refractivity contribution in [3.05, 3.63) is 33.8 Å². The molecule has 0 aliphatic heterocycles. The highest BCUT2D eigenvalue weighted by Crippen LogP contribution is 2.31. The number of hydrogen-bond acceptors (Lipinski definition) is 2. The number of aliphatic hydroxyl groups excluding tert-OH is 1. The second kappa shape index (κ2) is 5.25. The van der Waals surface area contributed by atoms with E-state index in [0.29, 0.717) is 22.2 Å². The molecule has 4 heteroatoms. The predicted molar refractivity (Wildman–Crippen MR) is 61.6 cm³/mol. The lowest BCUT2D eigenvalue weighted by atomic mass is 10.2. The van der Waals surface area contributed by atoms with Gasteiger partial charge in [-0.05, 0) is 18.1 Å². The fourth-order valence-corrected chi connectivity index (χ4v) is 1.40. The van der Waals surface area contributed by atoms with Crippen LogP contribution in [0.5, 0.6) is 0 Å². The molecule has 0 aliphatic rings. The van der Waals surface area contributed by atoms with Crippen molar-refractivity contribution in [2.24, 2.45) is 0 Å². The Kier molecular flexibility index (Phi) is 4.26. The smallest absolute Gasteiger partial charge is 0.0827 e. The highest BCUT2D eigenvalue weighted by molar-refractivity contribution is 6.44. The van der Waals surface area contributed by atoms with Crippen molar-refractivity contribution in [1.82, 2.24) is 0 Å². The molecule has 0 aliphatic carbocycles. The molecule has 1 rings (SSSR count). The molecule has 0 saturated carbocycles. The molecule has 1 aromatic rings. The van der Waals surface area contributed by atoms with Crippen LogP contribution in [0.15, 0.2) is 18.2 Å². The number of hydrogen-bond donors (Lipinski definition) is 2. The normalized spacial score (nSPS) is 11.1. The van der Waals surface area contributed by atoms with E-state index < -0.39 is 0 Å². The third-order valence-electron chi connectivity index (χ3n) is 1.74. The van der Waals surface area contributed by atoms with Crippen LogP contribution in [0.2, 0.25) is 10.0 Å². The van der Waals surface area contributed by atoms with Crippen LogP contribution in [-0.4, -0.2) is 11.7 Å². The lowest BCUT2D eigenvalue weighted by molar-refractivity contribution is 0.303. The van der Waals surface area contributed by atoms with Gasteiger partial charge in [-0.25, -0.2) is 0 Å². The first-order chi connectivity index (χ1) is 6.66. The SMILES string of the molecule is Nc1ccc(C=CCCO)c(Cl)c1Cl. The van der Waals surface area contributed by atoms with Gasteiger partial charge >= 0.3 is 0 Å². The molecule has 14 heavy (non-hydrogen) atoms. The van der Waals surface area contributed by atoms with Crippen LogP contribution in [0.1, 0.15) is 12.0 Å². The van der Waals surface area contributed by atoms with E-state index in [9.17, 15) is 0 Å². The van der Waals surface area contributed by atoms with Crippen molar-refractivity contribution >= 4 is 35.0 Å². The summed E-state index contributed by atoms with van der Waals surface area (Å²) in [6, 6.07) is 3.49. The Morgan fingerprint density at radius 2 is 2.00 bits per heavy atom. The summed E-state index contributed by atoms with van der Waals surface area (Å²) in [5.41, 5.74) is 6.84. The van der Waals surface area contributed by atoms with Gasteiger partial charge in [0.1, 0.15) is 0 Å². The summed E-state index contributed by atoms with van der Waals surface area (Å²) in [6.07, 6.45) is 4.23. The molecule has 0 fully saturated rings. The second-order valence-electron chi connectivity index (χ2n) is 2.79. The summed E-state index contributed by atoms with van der Waals surface area (Å²) >= 11 is 11.8. The van der Waals surface area contributed by atoms with Gasteiger partial charge in [0, 0.05) is 6.61 Å². The van der Waals surface area contributed by atoms with Crippen molar-refractivity contribution in [2.75, 3.05) is 12.3 Å². The first kappa shape index (κ1) is 11.4. The molecule has 1 aromatic carbocycles. The molecule has 0 aromatic heterocycles. The van der Waals surface area contributed by atoms with Crippen LogP contribution in [0.4, 0.5) is 5.69 Å². The van der Waals surface area contributed by atoms with E-state index in [0.717, 1.165) is 5.56 Å². The third kappa shape index (κ3) is 2.64. The predicted octanol–water partition coefficient (Wildman–Crippen LogP) is 2.97. The first-order valence-electron chi connectivity index (χ1n) is 4.17. The lowest BCUT2D eigenvalue weighted by Crippen LogP contribution is -1.88. The fourth-order valence-electron chi connectivity index (χ4n) is 0.993. The molecule has 0 spiro atoms. The minimum absolute atomic E-state index is 0.122. The van der Waals surface area contributed by atoms with E-state index in [1.807, 2.05) is 12.2 Å². The van der Waals surface area contributed by atoms with Gasteiger partial charge in [-0.2, -0.15) is 0 Å². The molecule has 0 radical (unpaired) electrons. The molecule has 0 saturated heterocycles. The molecular formula is C10H11Cl2NO. The maximum absolute atomic E-state index is 8.58. The monoisotopic (exact) mass is 231 g/mol. The second-order valence-corrected chi connectivity index (χ2v) is 3.54. The van der Waals surface area contributed by atoms with Crippen molar-refractivity contribution in [2.45, 2.75) is 6.42 Å². The molecule has 0 unspecified atom stereocenters. The van der Waals surface area contributed by atoms with Crippen molar-refractivity contribution in [3.63, 3.8) is 0 Å². The molecule has 0 atom stereocenters. The van der Waals surface area contributed by atoms with Crippen LogP contribution in [0.25, 0.3) is 6.08 Å². The number of nitrogen functional groups attached to an aromatic ring is 1. The molecule has 3 N–H and O–H groups in total. The Bertz CT molecular complexity index is 350. The Hall–Kier alpha value is -0.700. The number of anilines is 1. The summed E-state index contributed by atoms with van der Waals surface area (Å²) in [6.45, 7) is 0.122. The quantitative estimate of drug-likeness (QED) is 0.787. The first-order valence-corrected chi connectivity index (χ1v) is 4.93. The van der Waals surface area contributed by atoms with E-state index >= 15 is 0 Å². The third-order valence-corrected chi connectivity index (χ3v) is 2.65. The molecule has 76 valence electrons. The van der Waals surface area contributed by atoms with E-state index in [1.54, 1.807) is 12.1 Å². The average molecular weight is 232 g/mol. The van der Waals surface area contributed by atoms with Gasteiger partial charge in [-0.15, -0.1) is 0 Å². The fraction of sp³-hybridized carbons (Fsp3) is 0.200. The molecular weight excluding hydrogens is 221 g/mol. The van der Waals surface area contributed by atoms with E-state index in [2.05, 4.69) is 0 Å². The number of nitrogens with two attached hydrogens (primary N) is 1. The summed E-state index contributed by atoms with van der Waals surface area (Å²) in [4.78, 5) is 0. The van der Waals surface area contributed by atoms with Gasteiger partial charge < -0.3 is 10.8 Å². The van der Waals surface area contributed by atoms with Crippen molar-refractivity contribution in [3.8, 4) is 0 Å². The number of benzene rings is 1. The summed E-state index contributed by atoms with van der Waals surface area (Å²) in [5.74, 6) is 0. The van der Waals surface area contributed by atoms with E-state index in [-0.39, 0.29) is 6.61 Å². The average Bonchev–Trinajstić information content (AvgIpc) is 2.18. The lowest BCUT2D eigenvalue weighted by Gasteiger charge is -2.03. The van der Waals surface area contributed by atoms with E-state index in [4.69, 9.17) is 34.0 Å². The van der Waals surface area contributed by atoms with Gasteiger partial charge in [0.25, 0.3) is 0 Å². The molecule has 0 bridgehead atoms. The van der Waals surface area contributed by atoms with Gasteiger partial charge in [0.05, 0.1) is 15.7 Å². The summed E-state index contributed by atoms with van der Waals surface area (Å²) in [5, 5.41) is 9.40. The number of rotatable bonds is 3. The highest BCUT2D eigenvalue weighted by atomic mass is 35.5. The zero-order valence-electron chi connectivity index (χ0n) is 7.50. The van der Waals surface area contributed by atoms with Crippen LogP contribution in [0, 0.1) is 0 Å². The Balaban J connectivity index is 2.94. The standard InChI is InChI=1S/C10H11Cl2NO/c11-9-7(3-1-2-6-14)4-5-8(13)10(9)12/h1,3-5,14H,2,6,13H2. The summed E-state index contributed by atoms with van der Waals surface area (Å²) in [7, 11) is 0. The van der Waals surface area contributed by atoms with Crippen LogP contribution in [-0.2, 0) is 0 Å². The number of halogens is 2. The van der Waals surface area contributed by atoms with Crippen LogP contribution in [0.3, 0.4) is 0 Å². The van der Waals surface area contributed by atoms with Gasteiger partial charge in [0.15, 0.2) is 0 Å². The largest absolute Gasteiger partial charge is 0.397 e. The summed E-state index contributed by atoms with van der Waals surface area (Å²) < 4.78 is 0. The molecule has 0 amide bonds. The topological polar surface area (TPSA) is 46.2 Å². The zero-order chi connectivity index (χ0) is 10.6. The Labute approximate surface area is 92.9 Å². The van der Waals surface area contributed by atoms with Crippen LogP contribution < -0.4 is 5.73 Å². The molecule has 0 heterocycles. The van der Waals surface area contributed by atoms with Gasteiger partial charge in [-0.1, -0.05) is 41.4 Å². The van der Waals surface area contributed by atoms with Crippen molar-refractivity contribution in [1.29, 1.82) is 0 Å². The minimum atomic E-state index is 0.122. The van der Waals surface area contributed by atoms with Crippen LogP contribution >= 0.6 is 23.2 Å². The highest BCUT2D eigenvalue weighted by Gasteiger charge is 2.04. The maximum Gasteiger partial charge on any atom is 0.0827 e. The zero-order valence-corrected chi connectivity index (χ0v) is 9.02. The Morgan fingerprint density at radius 3 is 2.64 bits per heavy atom. The minimum Gasteiger partial charge on any atom is -0.397 e. The maximum atomic E-state index is 8.58.